The van der Waals surface area contributed by atoms with Crippen LogP contribution in [0.4, 0.5) is 0 Å². The van der Waals surface area contributed by atoms with Gasteiger partial charge in [-0.05, 0) is 50.2 Å². The van der Waals surface area contributed by atoms with Crippen molar-refractivity contribution in [2.75, 3.05) is 32.9 Å². The highest BCUT2D eigenvalue weighted by Gasteiger charge is 2.47. The van der Waals surface area contributed by atoms with E-state index in [1.807, 2.05) is 17.0 Å². The molecule has 25 heavy (non-hydrogen) atoms. The van der Waals surface area contributed by atoms with E-state index in [-0.39, 0.29) is 17.4 Å². The van der Waals surface area contributed by atoms with Crippen LogP contribution in [0.5, 0.6) is 0 Å². The number of piperidine rings is 1. The third kappa shape index (κ3) is 3.58. The van der Waals surface area contributed by atoms with Crippen molar-refractivity contribution in [3.05, 3.63) is 30.1 Å². The molecule has 3 fully saturated rings. The summed E-state index contributed by atoms with van der Waals surface area (Å²) in [5.74, 6) is 0.826. The predicted molar refractivity (Wildman–Crippen MR) is 94.3 cm³/mol. The molecular formula is C20H28N2O3. The number of pyridine rings is 1. The van der Waals surface area contributed by atoms with Crippen LogP contribution < -0.4 is 0 Å². The number of carbonyl (C=O) groups is 1. The Hall–Kier alpha value is -1.46. The van der Waals surface area contributed by atoms with Gasteiger partial charge < -0.3 is 14.4 Å². The summed E-state index contributed by atoms with van der Waals surface area (Å²) in [5.41, 5.74) is 0.626. The third-order valence-electron chi connectivity index (χ3n) is 6.15. The molecule has 5 heteroatoms. The number of amides is 1. The molecule has 1 aliphatic carbocycles. The van der Waals surface area contributed by atoms with Crippen molar-refractivity contribution in [2.45, 2.75) is 44.6 Å². The summed E-state index contributed by atoms with van der Waals surface area (Å²) in [5, 5.41) is 0. The minimum atomic E-state index is -0.0435. The van der Waals surface area contributed by atoms with Crippen LogP contribution in [0, 0.1) is 11.3 Å². The summed E-state index contributed by atoms with van der Waals surface area (Å²) in [6, 6.07) is 3.67. The molecule has 2 atom stereocenters. The van der Waals surface area contributed by atoms with Gasteiger partial charge in [-0.3, -0.25) is 9.78 Å². The van der Waals surface area contributed by atoms with Gasteiger partial charge in [-0.15, -0.1) is 0 Å². The van der Waals surface area contributed by atoms with Crippen molar-refractivity contribution < 1.29 is 14.3 Å². The molecule has 0 aromatic carbocycles. The van der Waals surface area contributed by atoms with E-state index in [0.29, 0.717) is 12.2 Å². The van der Waals surface area contributed by atoms with Crippen molar-refractivity contribution in [3.63, 3.8) is 0 Å². The normalized spacial score (nSPS) is 29.8. The van der Waals surface area contributed by atoms with E-state index >= 15 is 0 Å². The van der Waals surface area contributed by atoms with Crippen LogP contribution in [0.3, 0.4) is 0 Å². The van der Waals surface area contributed by atoms with Gasteiger partial charge >= 0.3 is 0 Å². The summed E-state index contributed by atoms with van der Waals surface area (Å²) in [6.07, 6.45) is 10.6. The molecule has 1 aromatic heterocycles. The molecule has 2 saturated heterocycles. The maximum atomic E-state index is 12.9. The van der Waals surface area contributed by atoms with Gasteiger partial charge in [-0.2, -0.15) is 0 Å². The molecule has 1 aromatic rings. The fourth-order valence-electron chi connectivity index (χ4n) is 4.43. The van der Waals surface area contributed by atoms with Gasteiger partial charge in [0.25, 0.3) is 5.91 Å². The highest BCUT2D eigenvalue weighted by atomic mass is 16.5. The van der Waals surface area contributed by atoms with Gasteiger partial charge in [0, 0.05) is 44.1 Å². The molecule has 2 aliphatic heterocycles. The average molecular weight is 344 g/mol. The van der Waals surface area contributed by atoms with Crippen molar-refractivity contribution in [2.24, 2.45) is 11.3 Å². The van der Waals surface area contributed by atoms with Gasteiger partial charge in [-0.1, -0.05) is 6.42 Å². The van der Waals surface area contributed by atoms with E-state index in [0.717, 1.165) is 51.5 Å². The highest BCUT2D eigenvalue weighted by Crippen LogP contribution is 2.41. The first-order valence-corrected chi connectivity index (χ1v) is 9.65. The first-order chi connectivity index (χ1) is 12.3. The second-order valence-electron chi connectivity index (χ2n) is 7.89. The van der Waals surface area contributed by atoms with E-state index in [4.69, 9.17) is 9.47 Å². The van der Waals surface area contributed by atoms with E-state index < -0.39 is 0 Å². The smallest absolute Gasteiger partial charge is 0.255 e. The quantitative estimate of drug-likeness (QED) is 0.824. The summed E-state index contributed by atoms with van der Waals surface area (Å²) in [6.45, 7) is 3.90. The van der Waals surface area contributed by atoms with Gasteiger partial charge in [0.05, 0.1) is 18.3 Å². The molecule has 0 radical (unpaired) electrons. The Morgan fingerprint density at radius 1 is 1.36 bits per heavy atom. The second kappa shape index (κ2) is 7.42. The summed E-state index contributed by atoms with van der Waals surface area (Å²) >= 11 is 0. The lowest BCUT2D eigenvalue weighted by Gasteiger charge is -2.50. The molecular weight excluding hydrogens is 316 g/mol. The zero-order valence-corrected chi connectivity index (χ0v) is 14.9. The van der Waals surface area contributed by atoms with Gasteiger partial charge in [-0.25, -0.2) is 0 Å². The van der Waals surface area contributed by atoms with E-state index in [2.05, 4.69) is 4.98 Å². The average Bonchev–Trinajstić information content (AvgIpc) is 2.63. The topological polar surface area (TPSA) is 51.7 Å². The van der Waals surface area contributed by atoms with Gasteiger partial charge in [0.2, 0.25) is 0 Å². The Balaban J connectivity index is 1.44. The molecule has 0 N–H and O–H groups in total. The Kier molecular flexibility index (Phi) is 5.04. The molecule has 0 spiro atoms. The van der Waals surface area contributed by atoms with E-state index in [1.165, 1.54) is 19.3 Å². The Morgan fingerprint density at radius 2 is 2.28 bits per heavy atom. The lowest BCUT2D eigenvalue weighted by atomic mass is 9.73. The van der Waals surface area contributed by atoms with E-state index in [1.54, 1.807) is 12.4 Å². The van der Waals surface area contributed by atoms with Gasteiger partial charge in [0.1, 0.15) is 0 Å². The Morgan fingerprint density at radius 3 is 3.04 bits per heavy atom. The van der Waals surface area contributed by atoms with Crippen LogP contribution in [0.15, 0.2) is 24.5 Å². The maximum Gasteiger partial charge on any atom is 0.255 e. The van der Waals surface area contributed by atoms with Crippen molar-refractivity contribution >= 4 is 5.91 Å². The maximum absolute atomic E-state index is 12.9. The van der Waals surface area contributed by atoms with Crippen molar-refractivity contribution in [1.29, 1.82) is 0 Å². The number of hydrogen-bond donors (Lipinski definition) is 0. The van der Waals surface area contributed by atoms with Crippen molar-refractivity contribution in [3.8, 4) is 0 Å². The number of carbonyl (C=O) groups excluding carboxylic acids is 1. The Bertz CT molecular complexity index is 590. The minimum absolute atomic E-state index is 0.0435. The zero-order valence-electron chi connectivity index (χ0n) is 14.9. The van der Waals surface area contributed by atoms with Crippen LogP contribution in [0.1, 0.15) is 48.9 Å². The molecule has 0 unspecified atom stereocenters. The van der Waals surface area contributed by atoms with Crippen LogP contribution in [-0.2, 0) is 9.47 Å². The molecule has 0 bridgehead atoms. The molecule has 4 rings (SSSR count). The molecule has 1 amide bonds. The standard InChI is InChI=1S/C20H28N2O3/c23-19(17-6-2-9-21-12-17)22-10-7-18-20(14-22,8-3-11-25-18)15-24-13-16-4-1-5-16/h2,6,9,12,16,18H,1,3-5,7-8,10-11,13-15H2/t18-,20-/m0/s1. The van der Waals surface area contributed by atoms with Crippen LogP contribution in [0.2, 0.25) is 0 Å². The first-order valence-electron chi connectivity index (χ1n) is 9.65. The third-order valence-corrected chi connectivity index (χ3v) is 6.15. The number of hydrogen-bond acceptors (Lipinski definition) is 4. The zero-order chi connectivity index (χ0) is 17.1. The summed E-state index contributed by atoms with van der Waals surface area (Å²) in [4.78, 5) is 18.9. The number of aromatic nitrogens is 1. The number of likely N-dealkylation sites (tertiary alicyclic amines) is 1. The van der Waals surface area contributed by atoms with Crippen molar-refractivity contribution in [1.82, 2.24) is 9.88 Å². The predicted octanol–water partition coefficient (Wildman–Crippen LogP) is 2.91. The number of rotatable bonds is 5. The molecule has 1 saturated carbocycles. The first kappa shape index (κ1) is 17.0. The number of fused-ring (bicyclic) bond motifs is 1. The summed E-state index contributed by atoms with van der Waals surface area (Å²) < 4.78 is 12.2. The summed E-state index contributed by atoms with van der Waals surface area (Å²) in [7, 11) is 0. The van der Waals surface area contributed by atoms with Gasteiger partial charge in [0.15, 0.2) is 0 Å². The molecule has 3 heterocycles. The number of nitrogens with zero attached hydrogens (tertiary/aromatic N) is 2. The van der Waals surface area contributed by atoms with Crippen LogP contribution in [-0.4, -0.2) is 54.8 Å². The van der Waals surface area contributed by atoms with Crippen LogP contribution in [0.25, 0.3) is 0 Å². The fourth-order valence-corrected chi connectivity index (χ4v) is 4.43. The molecule has 3 aliphatic rings. The number of ether oxygens (including phenoxy) is 2. The monoisotopic (exact) mass is 344 g/mol. The second-order valence-corrected chi connectivity index (χ2v) is 7.89. The SMILES string of the molecule is O=C(c1cccnc1)N1CC[C@@H]2OCCC[C@@]2(COCC2CCC2)C1. The molecule has 136 valence electrons. The lowest BCUT2D eigenvalue weighted by Crippen LogP contribution is -2.58. The lowest BCUT2D eigenvalue weighted by molar-refractivity contribution is -0.150. The van der Waals surface area contributed by atoms with E-state index in [9.17, 15) is 4.79 Å². The minimum Gasteiger partial charge on any atom is -0.380 e. The Labute approximate surface area is 149 Å². The fraction of sp³-hybridized carbons (Fsp3) is 0.700. The molecule has 5 nitrogen and oxygen atoms in total. The highest BCUT2D eigenvalue weighted by molar-refractivity contribution is 5.94. The van der Waals surface area contributed by atoms with Crippen LogP contribution >= 0.6 is 0 Å². The largest absolute Gasteiger partial charge is 0.380 e.